The van der Waals surface area contributed by atoms with Gasteiger partial charge in [0.2, 0.25) is 12.2 Å². The first-order valence-electron chi connectivity index (χ1n) is 10.3. The van der Waals surface area contributed by atoms with Crippen LogP contribution in [-0.2, 0) is 23.6 Å². The third kappa shape index (κ3) is 6.34. The first-order chi connectivity index (χ1) is 17.0. The summed E-state index contributed by atoms with van der Waals surface area (Å²) in [6.45, 7) is -0.795. The number of esters is 1. The van der Waals surface area contributed by atoms with E-state index in [0.29, 0.717) is 0 Å². The molecular formula is C23H25N5O8. The van der Waals surface area contributed by atoms with Crippen LogP contribution in [0.5, 0.6) is 0 Å². The number of amides is 2. The molecule has 0 spiro atoms. The number of aromatic nitrogens is 2. The summed E-state index contributed by atoms with van der Waals surface area (Å²) >= 11 is 0. The highest BCUT2D eigenvalue weighted by molar-refractivity contribution is 6.07. The summed E-state index contributed by atoms with van der Waals surface area (Å²) in [5.41, 5.74) is 3.80. The number of nitrogens with zero attached hydrogens (tertiary/aromatic N) is 3. The van der Waals surface area contributed by atoms with Gasteiger partial charge in [-0.25, -0.2) is 9.59 Å². The van der Waals surface area contributed by atoms with Crippen LogP contribution < -0.4 is 22.3 Å². The van der Waals surface area contributed by atoms with E-state index in [-0.39, 0.29) is 22.8 Å². The molecule has 190 valence electrons. The number of carbonyl (C=O) groups is 4. The number of hydrogen-bond acceptors (Lipinski definition) is 9. The number of nitrogens with one attached hydrogen (secondary N) is 1. The Balaban J connectivity index is 0.000000830. The Labute approximate surface area is 204 Å². The lowest BCUT2D eigenvalue weighted by atomic mass is 10.1. The number of Topliss-reactive ketones (excluding diaryl/α,β-unsaturated/α-hetero) is 1. The summed E-state index contributed by atoms with van der Waals surface area (Å²) in [5.74, 6) is -2.66. The molecule has 0 saturated carbocycles. The van der Waals surface area contributed by atoms with Gasteiger partial charge in [-0.3, -0.25) is 28.3 Å². The second-order valence-corrected chi connectivity index (χ2v) is 7.51. The Kier molecular flexibility index (Phi) is 9.08. The van der Waals surface area contributed by atoms with Gasteiger partial charge in [0.15, 0.2) is 12.4 Å². The van der Waals surface area contributed by atoms with Crippen LogP contribution in [0.4, 0.5) is 11.5 Å². The number of benzene rings is 1. The van der Waals surface area contributed by atoms with Crippen molar-refractivity contribution in [2.24, 2.45) is 14.1 Å². The molecule has 2 amide bonds. The van der Waals surface area contributed by atoms with E-state index >= 15 is 0 Å². The standard InChI is InChI=1S/C20H18N4O7.C3H7NO/c1-23-16(21)15(18(27)24(2)20(23)29)13(25)10-31-19(28)11-6-3-4-7-12(11)22-17(26)14-8-5-9-30-14;1-4(2)3-5/h3-9H,10,21H2,1-2H3,(H,22,26);3H,1-2H3. The van der Waals surface area contributed by atoms with Gasteiger partial charge in [0.1, 0.15) is 11.4 Å². The van der Waals surface area contributed by atoms with Crippen molar-refractivity contribution in [3.63, 3.8) is 0 Å². The van der Waals surface area contributed by atoms with Crippen molar-refractivity contribution in [1.29, 1.82) is 0 Å². The summed E-state index contributed by atoms with van der Waals surface area (Å²) in [4.78, 5) is 72.2. The maximum Gasteiger partial charge on any atom is 0.340 e. The van der Waals surface area contributed by atoms with E-state index < -0.39 is 41.1 Å². The van der Waals surface area contributed by atoms with Crippen molar-refractivity contribution in [2.45, 2.75) is 0 Å². The molecule has 0 unspecified atom stereocenters. The smallest absolute Gasteiger partial charge is 0.340 e. The van der Waals surface area contributed by atoms with Gasteiger partial charge in [0.25, 0.3) is 11.5 Å². The summed E-state index contributed by atoms with van der Waals surface area (Å²) < 4.78 is 11.7. The Morgan fingerprint density at radius 1 is 1.08 bits per heavy atom. The summed E-state index contributed by atoms with van der Waals surface area (Å²) in [7, 11) is 5.88. The zero-order valence-corrected chi connectivity index (χ0v) is 20.0. The minimum atomic E-state index is -0.913. The Morgan fingerprint density at radius 2 is 1.72 bits per heavy atom. The molecule has 0 aliphatic carbocycles. The van der Waals surface area contributed by atoms with E-state index in [2.05, 4.69) is 5.32 Å². The number of anilines is 2. The molecule has 0 bridgehead atoms. The Morgan fingerprint density at radius 3 is 2.31 bits per heavy atom. The van der Waals surface area contributed by atoms with Crippen molar-refractivity contribution in [3.05, 3.63) is 80.4 Å². The minimum Gasteiger partial charge on any atom is -0.459 e. The van der Waals surface area contributed by atoms with E-state index in [0.717, 1.165) is 15.5 Å². The molecule has 0 aliphatic heterocycles. The van der Waals surface area contributed by atoms with Gasteiger partial charge in [0, 0.05) is 28.2 Å². The predicted molar refractivity (Wildman–Crippen MR) is 129 cm³/mol. The molecule has 2 aromatic heterocycles. The van der Waals surface area contributed by atoms with Gasteiger partial charge < -0.3 is 25.1 Å². The Hall–Kier alpha value is -4.94. The fourth-order valence-electron chi connectivity index (χ4n) is 2.76. The molecule has 13 nitrogen and oxygen atoms in total. The highest BCUT2D eigenvalue weighted by Crippen LogP contribution is 2.18. The highest BCUT2D eigenvalue weighted by atomic mass is 16.5. The van der Waals surface area contributed by atoms with Gasteiger partial charge in [0.05, 0.1) is 17.5 Å². The van der Waals surface area contributed by atoms with Gasteiger partial charge in [-0.15, -0.1) is 0 Å². The number of rotatable bonds is 7. The van der Waals surface area contributed by atoms with Crippen LogP contribution >= 0.6 is 0 Å². The number of hydrogen-bond donors (Lipinski definition) is 2. The van der Waals surface area contributed by atoms with Crippen LogP contribution in [0.2, 0.25) is 0 Å². The molecule has 2 heterocycles. The van der Waals surface area contributed by atoms with Gasteiger partial charge >= 0.3 is 11.7 Å². The molecule has 1 aromatic carbocycles. The first kappa shape index (κ1) is 27.3. The van der Waals surface area contributed by atoms with Gasteiger partial charge in [-0.05, 0) is 24.3 Å². The quantitative estimate of drug-likeness (QED) is 0.262. The number of furan rings is 1. The molecule has 3 rings (SSSR count). The molecule has 3 aromatic rings. The first-order valence-corrected chi connectivity index (χ1v) is 10.3. The molecule has 3 N–H and O–H groups in total. The zero-order valence-electron chi connectivity index (χ0n) is 20.0. The van der Waals surface area contributed by atoms with Gasteiger partial charge in [-0.2, -0.15) is 0 Å². The number of ketones is 1. The lowest BCUT2D eigenvalue weighted by molar-refractivity contribution is -0.115. The molecule has 0 aliphatic rings. The molecule has 0 fully saturated rings. The zero-order chi connectivity index (χ0) is 27.0. The molecule has 36 heavy (non-hydrogen) atoms. The van der Waals surface area contributed by atoms with Crippen LogP contribution in [0.1, 0.15) is 31.3 Å². The van der Waals surface area contributed by atoms with Crippen molar-refractivity contribution >= 4 is 35.6 Å². The summed E-state index contributed by atoms with van der Waals surface area (Å²) in [5, 5.41) is 2.52. The average Bonchev–Trinajstić information content (AvgIpc) is 3.41. The maximum atomic E-state index is 12.5. The van der Waals surface area contributed by atoms with E-state index in [1.165, 1.54) is 49.5 Å². The monoisotopic (exact) mass is 499 g/mol. The van der Waals surface area contributed by atoms with Crippen molar-refractivity contribution in [1.82, 2.24) is 14.0 Å². The lowest BCUT2D eigenvalue weighted by Crippen LogP contribution is -2.42. The molecule has 0 radical (unpaired) electrons. The maximum absolute atomic E-state index is 12.5. The van der Waals surface area contributed by atoms with E-state index in [1.807, 2.05) is 0 Å². The van der Waals surface area contributed by atoms with Crippen molar-refractivity contribution in [3.8, 4) is 0 Å². The largest absolute Gasteiger partial charge is 0.459 e. The predicted octanol–water partition coefficient (Wildman–Crippen LogP) is 0.256. The number of nitrogens with two attached hydrogens (primary N) is 1. The Bertz CT molecular complexity index is 1390. The number of para-hydroxylation sites is 1. The van der Waals surface area contributed by atoms with E-state index in [9.17, 15) is 28.8 Å². The average molecular weight is 499 g/mol. The fraction of sp³-hybridized carbons (Fsp3) is 0.217. The topological polar surface area (TPSA) is 176 Å². The second kappa shape index (κ2) is 12.0. The summed E-state index contributed by atoms with van der Waals surface area (Å²) in [6.07, 6.45) is 2.08. The third-order valence-corrected chi connectivity index (χ3v) is 4.67. The highest BCUT2D eigenvalue weighted by Gasteiger charge is 2.23. The normalized spacial score (nSPS) is 10.0. The third-order valence-electron chi connectivity index (χ3n) is 4.67. The lowest BCUT2D eigenvalue weighted by Gasteiger charge is -2.12. The number of carbonyl (C=O) groups excluding carboxylic acids is 4. The van der Waals surface area contributed by atoms with Crippen LogP contribution in [0, 0.1) is 0 Å². The molecule has 0 atom stereocenters. The summed E-state index contributed by atoms with van der Waals surface area (Å²) in [6, 6.07) is 8.99. The number of nitrogen functional groups attached to an aromatic ring is 1. The van der Waals surface area contributed by atoms with Crippen LogP contribution in [0.3, 0.4) is 0 Å². The fourth-order valence-corrected chi connectivity index (χ4v) is 2.76. The van der Waals surface area contributed by atoms with Gasteiger partial charge in [-0.1, -0.05) is 12.1 Å². The van der Waals surface area contributed by atoms with Crippen LogP contribution in [-0.4, -0.2) is 58.8 Å². The van der Waals surface area contributed by atoms with E-state index in [4.69, 9.17) is 14.9 Å². The van der Waals surface area contributed by atoms with Crippen molar-refractivity contribution < 1.29 is 28.3 Å². The van der Waals surface area contributed by atoms with E-state index in [1.54, 1.807) is 26.2 Å². The number of ether oxygens (including phenoxy) is 1. The van der Waals surface area contributed by atoms with Crippen LogP contribution in [0.25, 0.3) is 0 Å². The molecular weight excluding hydrogens is 474 g/mol. The van der Waals surface area contributed by atoms with Crippen LogP contribution in [0.15, 0.2) is 56.7 Å². The second-order valence-electron chi connectivity index (χ2n) is 7.51. The molecule has 0 saturated heterocycles. The molecule has 13 heteroatoms. The van der Waals surface area contributed by atoms with Crippen molar-refractivity contribution in [2.75, 3.05) is 31.8 Å². The minimum absolute atomic E-state index is 0.0171. The SMILES string of the molecule is CN(C)C=O.Cn1c(N)c(C(=O)COC(=O)c2ccccc2NC(=O)c2ccco2)c(=O)n(C)c1=O.